The van der Waals surface area contributed by atoms with Crippen LogP contribution in [0.5, 0.6) is 0 Å². The zero-order valence-electron chi connectivity index (χ0n) is 12.8. The molecule has 0 radical (unpaired) electrons. The van der Waals surface area contributed by atoms with Crippen molar-refractivity contribution in [2.24, 2.45) is 0 Å². The van der Waals surface area contributed by atoms with Gasteiger partial charge in [-0.2, -0.15) is 0 Å². The highest BCUT2D eigenvalue weighted by Crippen LogP contribution is 1.96. The fourth-order valence-corrected chi connectivity index (χ4v) is 2.15. The molecule has 0 heterocycles. The highest BCUT2D eigenvalue weighted by atomic mass is 16.2. The van der Waals surface area contributed by atoms with Gasteiger partial charge in [0.05, 0.1) is 12.3 Å². The number of hydrogen-bond donors (Lipinski definition) is 2. The Morgan fingerprint density at radius 3 is 1.33 bits per heavy atom. The molecule has 18 heavy (non-hydrogen) atoms. The lowest BCUT2D eigenvalue weighted by molar-refractivity contribution is 0.166. The second-order valence-corrected chi connectivity index (χ2v) is 4.41. The van der Waals surface area contributed by atoms with E-state index in [0.717, 1.165) is 26.2 Å². The summed E-state index contributed by atoms with van der Waals surface area (Å²) in [6, 6.07) is -0.103. The molecule has 5 heteroatoms. The molecule has 0 bridgehead atoms. The van der Waals surface area contributed by atoms with Crippen molar-refractivity contribution in [1.82, 2.24) is 20.4 Å². The summed E-state index contributed by atoms with van der Waals surface area (Å²) in [6.07, 6.45) is 0.118. The van der Waals surface area contributed by atoms with Crippen LogP contribution in [0.1, 0.15) is 41.5 Å². The first-order chi connectivity index (χ1) is 8.49. The van der Waals surface area contributed by atoms with E-state index in [4.69, 9.17) is 0 Å². The molecule has 2 amide bonds. The molecule has 0 aromatic rings. The Labute approximate surface area is 112 Å². The third-order valence-electron chi connectivity index (χ3n) is 3.40. The summed E-state index contributed by atoms with van der Waals surface area (Å²) < 4.78 is 0. The molecule has 2 unspecified atom stereocenters. The van der Waals surface area contributed by atoms with Crippen molar-refractivity contribution in [3.63, 3.8) is 0 Å². The van der Waals surface area contributed by atoms with Gasteiger partial charge in [0.2, 0.25) is 0 Å². The quantitative estimate of drug-likeness (QED) is 0.651. The fourth-order valence-electron chi connectivity index (χ4n) is 2.15. The summed E-state index contributed by atoms with van der Waals surface area (Å²) in [5, 5.41) is 5.93. The normalized spacial score (nSPS) is 14.7. The molecule has 2 atom stereocenters. The lowest BCUT2D eigenvalue weighted by atomic mass is 10.4. The standard InChI is InChI=1S/C13H30N4O/c1-7-16(8-2)11(5)14-13(18)15-12(6)17(9-3)10-4/h11-12H,7-10H2,1-6H3,(H2,14,15,18). The van der Waals surface area contributed by atoms with E-state index in [1.807, 2.05) is 13.8 Å². The van der Waals surface area contributed by atoms with Gasteiger partial charge in [-0.15, -0.1) is 0 Å². The van der Waals surface area contributed by atoms with E-state index >= 15 is 0 Å². The van der Waals surface area contributed by atoms with Gasteiger partial charge in [0.1, 0.15) is 0 Å². The number of nitrogens with zero attached hydrogens (tertiary/aromatic N) is 2. The number of amides is 2. The minimum Gasteiger partial charge on any atom is -0.323 e. The van der Waals surface area contributed by atoms with Crippen LogP contribution in [0.15, 0.2) is 0 Å². The van der Waals surface area contributed by atoms with Gasteiger partial charge in [-0.25, -0.2) is 4.79 Å². The Morgan fingerprint density at radius 1 is 0.833 bits per heavy atom. The molecule has 0 aliphatic rings. The minimum absolute atomic E-state index is 0.0592. The van der Waals surface area contributed by atoms with Crippen molar-refractivity contribution < 1.29 is 4.79 Å². The summed E-state index contributed by atoms with van der Waals surface area (Å²) in [4.78, 5) is 16.3. The molecule has 0 aromatic heterocycles. The Bertz CT molecular complexity index is 205. The van der Waals surface area contributed by atoms with Crippen LogP contribution in [0.25, 0.3) is 0 Å². The van der Waals surface area contributed by atoms with Gasteiger partial charge in [0, 0.05) is 0 Å². The van der Waals surface area contributed by atoms with Crippen LogP contribution in [-0.4, -0.2) is 54.3 Å². The van der Waals surface area contributed by atoms with Gasteiger partial charge in [0.15, 0.2) is 0 Å². The Morgan fingerprint density at radius 2 is 1.11 bits per heavy atom. The molecule has 0 rings (SSSR count). The molecule has 0 aliphatic carbocycles. The van der Waals surface area contributed by atoms with E-state index in [0.29, 0.717) is 0 Å². The Hall–Kier alpha value is -0.810. The number of rotatable bonds is 8. The maximum atomic E-state index is 11.9. The van der Waals surface area contributed by atoms with Gasteiger partial charge in [-0.05, 0) is 40.0 Å². The van der Waals surface area contributed by atoms with Gasteiger partial charge in [-0.1, -0.05) is 27.7 Å². The van der Waals surface area contributed by atoms with Crippen LogP contribution >= 0.6 is 0 Å². The first-order valence-corrected chi connectivity index (χ1v) is 7.05. The average Bonchev–Trinajstić information content (AvgIpc) is 2.31. The van der Waals surface area contributed by atoms with Gasteiger partial charge in [-0.3, -0.25) is 9.80 Å². The summed E-state index contributed by atoms with van der Waals surface area (Å²) in [5.74, 6) is 0. The molecule has 0 saturated carbocycles. The smallest absolute Gasteiger partial charge is 0.317 e. The van der Waals surface area contributed by atoms with Crippen molar-refractivity contribution in [2.75, 3.05) is 26.2 Å². The number of urea groups is 1. The topological polar surface area (TPSA) is 47.6 Å². The number of nitrogens with one attached hydrogen (secondary N) is 2. The first kappa shape index (κ1) is 17.2. The summed E-state index contributed by atoms with van der Waals surface area (Å²) in [6.45, 7) is 16.1. The van der Waals surface area contributed by atoms with Crippen LogP contribution in [0, 0.1) is 0 Å². The van der Waals surface area contributed by atoms with Crippen LogP contribution < -0.4 is 10.6 Å². The minimum atomic E-state index is -0.103. The number of hydrogen-bond acceptors (Lipinski definition) is 3. The molecule has 108 valence electrons. The molecule has 0 saturated heterocycles. The first-order valence-electron chi connectivity index (χ1n) is 7.05. The SMILES string of the molecule is CCN(CC)C(C)NC(=O)NC(C)N(CC)CC. The molecule has 0 fully saturated rings. The second kappa shape index (κ2) is 9.16. The monoisotopic (exact) mass is 258 g/mol. The lowest BCUT2D eigenvalue weighted by Gasteiger charge is -2.30. The van der Waals surface area contributed by atoms with Crippen molar-refractivity contribution in [1.29, 1.82) is 0 Å². The highest BCUT2D eigenvalue weighted by Gasteiger charge is 2.16. The average molecular weight is 258 g/mol. The van der Waals surface area contributed by atoms with Crippen molar-refractivity contribution >= 4 is 6.03 Å². The molecule has 0 aromatic carbocycles. The largest absolute Gasteiger partial charge is 0.323 e. The summed E-state index contributed by atoms with van der Waals surface area (Å²) in [7, 11) is 0. The maximum absolute atomic E-state index is 11.9. The molecule has 0 aliphatic heterocycles. The van der Waals surface area contributed by atoms with E-state index in [1.165, 1.54) is 0 Å². The predicted molar refractivity (Wildman–Crippen MR) is 76.4 cm³/mol. The number of carbonyl (C=O) groups excluding carboxylic acids is 1. The van der Waals surface area contributed by atoms with Crippen molar-refractivity contribution in [3.8, 4) is 0 Å². The van der Waals surface area contributed by atoms with E-state index in [2.05, 4.69) is 48.1 Å². The molecule has 2 N–H and O–H groups in total. The maximum Gasteiger partial charge on any atom is 0.317 e. The molecular formula is C13H30N4O. The van der Waals surface area contributed by atoms with Crippen molar-refractivity contribution in [3.05, 3.63) is 0 Å². The zero-order valence-corrected chi connectivity index (χ0v) is 12.8. The third kappa shape index (κ3) is 5.69. The number of carbonyl (C=O) groups is 1. The van der Waals surface area contributed by atoms with E-state index in [-0.39, 0.29) is 18.4 Å². The second-order valence-electron chi connectivity index (χ2n) is 4.41. The molecule has 0 spiro atoms. The molecule has 5 nitrogen and oxygen atoms in total. The van der Waals surface area contributed by atoms with Gasteiger partial charge in [0.25, 0.3) is 0 Å². The third-order valence-corrected chi connectivity index (χ3v) is 3.40. The van der Waals surface area contributed by atoms with Gasteiger partial charge >= 0.3 is 6.03 Å². The van der Waals surface area contributed by atoms with Crippen LogP contribution in [-0.2, 0) is 0 Å². The summed E-state index contributed by atoms with van der Waals surface area (Å²) in [5.41, 5.74) is 0. The molecular weight excluding hydrogens is 228 g/mol. The fraction of sp³-hybridized carbons (Fsp3) is 0.923. The van der Waals surface area contributed by atoms with E-state index in [1.54, 1.807) is 0 Å². The van der Waals surface area contributed by atoms with Crippen LogP contribution in [0.2, 0.25) is 0 Å². The van der Waals surface area contributed by atoms with Crippen molar-refractivity contribution in [2.45, 2.75) is 53.9 Å². The Balaban J connectivity index is 4.17. The summed E-state index contributed by atoms with van der Waals surface area (Å²) >= 11 is 0. The lowest BCUT2D eigenvalue weighted by Crippen LogP contribution is -2.54. The highest BCUT2D eigenvalue weighted by molar-refractivity contribution is 5.74. The zero-order chi connectivity index (χ0) is 14.1. The predicted octanol–water partition coefficient (Wildman–Crippen LogP) is 1.66. The van der Waals surface area contributed by atoms with Crippen LogP contribution in [0.3, 0.4) is 0 Å². The van der Waals surface area contributed by atoms with Crippen LogP contribution in [0.4, 0.5) is 4.79 Å². The van der Waals surface area contributed by atoms with Gasteiger partial charge < -0.3 is 10.6 Å². The van der Waals surface area contributed by atoms with E-state index in [9.17, 15) is 4.79 Å². The Kier molecular flexibility index (Phi) is 8.75. The van der Waals surface area contributed by atoms with E-state index < -0.39 is 0 Å².